The maximum absolute atomic E-state index is 5.34. The third-order valence-electron chi connectivity index (χ3n) is 4.03. The molecule has 19 heavy (non-hydrogen) atoms. The molecule has 1 aliphatic heterocycles. The van der Waals surface area contributed by atoms with Crippen molar-refractivity contribution in [3.8, 4) is 5.75 Å². The van der Waals surface area contributed by atoms with E-state index in [4.69, 9.17) is 4.74 Å². The predicted molar refractivity (Wildman–Crippen MR) is 81.1 cm³/mol. The van der Waals surface area contributed by atoms with Crippen molar-refractivity contribution in [1.82, 2.24) is 4.90 Å². The minimum atomic E-state index is 0.148. The summed E-state index contributed by atoms with van der Waals surface area (Å²) < 4.78 is 5.34. The Morgan fingerprint density at radius 3 is 2.53 bits per heavy atom. The maximum atomic E-state index is 5.34. The van der Waals surface area contributed by atoms with Crippen LogP contribution < -0.4 is 9.64 Å². The molecule has 1 fully saturated rings. The molecule has 0 saturated carbocycles. The Hall–Kier alpha value is -1.22. The molecule has 1 heterocycles. The minimum Gasteiger partial charge on any atom is -0.497 e. The summed E-state index contributed by atoms with van der Waals surface area (Å²) in [5.74, 6) is 0.930. The summed E-state index contributed by atoms with van der Waals surface area (Å²) in [6.07, 6.45) is 0. The van der Waals surface area contributed by atoms with E-state index in [9.17, 15) is 0 Å². The zero-order chi connectivity index (χ0) is 14.0. The van der Waals surface area contributed by atoms with Crippen molar-refractivity contribution in [3.63, 3.8) is 0 Å². The summed E-state index contributed by atoms with van der Waals surface area (Å²) in [6.45, 7) is 12.5. The van der Waals surface area contributed by atoms with Gasteiger partial charge in [0.25, 0.3) is 0 Å². The number of anilines is 1. The van der Waals surface area contributed by atoms with Crippen LogP contribution in [-0.4, -0.2) is 43.2 Å². The molecule has 0 aromatic heterocycles. The molecule has 0 unspecified atom stereocenters. The monoisotopic (exact) mass is 262 g/mol. The van der Waals surface area contributed by atoms with E-state index in [1.54, 1.807) is 7.11 Å². The van der Waals surface area contributed by atoms with Crippen molar-refractivity contribution in [1.29, 1.82) is 0 Å². The van der Waals surface area contributed by atoms with Crippen LogP contribution in [0.3, 0.4) is 0 Å². The zero-order valence-corrected chi connectivity index (χ0v) is 12.8. The first kappa shape index (κ1) is 14.2. The number of methoxy groups -OCH3 is 1. The van der Waals surface area contributed by atoms with Gasteiger partial charge in [-0.15, -0.1) is 0 Å². The number of hydrogen-bond acceptors (Lipinski definition) is 3. The number of hydrogen-bond donors (Lipinski definition) is 0. The average molecular weight is 262 g/mol. The van der Waals surface area contributed by atoms with Crippen LogP contribution in [-0.2, 0) is 0 Å². The summed E-state index contributed by atoms with van der Waals surface area (Å²) in [6, 6.07) is 8.99. The molecule has 0 bridgehead atoms. The van der Waals surface area contributed by atoms with E-state index >= 15 is 0 Å². The van der Waals surface area contributed by atoms with Crippen molar-refractivity contribution in [2.24, 2.45) is 0 Å². The fourth-order valence-electron chi connectivity index (χ4n) is 2.89. The molecule has 0 N–H and O–H groups in total. The number of ether oxygens (including phenoxy) is 1. The van der Waals surface area contributed by atoms with E-state index in [1.807, 2.05) is 6.07 Å². The summed E-state index contributed by atoms with van der Waals surface area (Å²) in [4.78, 5) is 5.05. The van der Waals surface area contributed by atoms with Crippen LogP contribution in [0.5, 0.6) is 5.75 Å². The lowest BCUT2D eigenvalue weighted by Crippen LogP contribution is -2.60. The Kier molecular flexibility index (Phi) is 4.04. The standard InChI is InChI=1S/C16H26N2O/c1-13(2)17-9-10-18(16(3,4)12-17)14-7-6-8-15(11-14)19-5/h6-8,11,13H,9-10,12H2,1-5H3. The molecule has 1 aromatic rings. The summed E-state index contributed by atoms with van der Waals surface area (Å²) in [5, 5.41) is 0. The van der Waals surface area contributed by atoms with Crippen LogP contribution in [0.15, 0.2) is 24.3 Å². The van der Waals surface area contributed by atoms with E-state index in [-0.39, 0.29) is 5.54 Å². The van der Waals surface area contributed by atoms with Crippen LogP contribution >= 0.6 is 0 Å². The van der Waals surface area contributed by atoms with Crippen molar-refractivity contribution in [2.75, 3.05) is 31.6 Å². The van der Waals surface area contributed by atoms with E-state index < -0.39 is 0 Å². The fourth-order valence-corrected chi connectivity index (χ4v) is 2.89. The third-order valence-corrected chi connectivity index (χ3v) is 4.03. The molecule has 0 atom stereocenters. The van der Waals surface area contributed by atoms with Gasteiger partial charge in [0.1, 0.15) is 5.75 Å². The SMILES string of the molecule is COc1cccc(N2CCN(C(C)C)CC2(C)C)c1. The quantitative estimate of drug-likeness (QED) is 0.833. The van der Waals surface area contributed by atoms with Crippen LogP contribution in [0.4, 0.5) is 5.69 Å². The van der Waals surface area contributed by atoms with Gasteiger partial charge >= 0.3 is 0 Å². The lowest BCUT2D eigenvalue weighted by molar-refractivity contribution is 0.148. The molecule has 106 valence electrons. The smallest absolute Gasteiger partial charge is 0.120 e. The number of nitrogens with zero attached hydrogens (tertiary/aromatic N) is 2. The molecule has 0 aliphatic carbocycles. The molecule has 1 aromatic carbocycles. The second-order valence-corrected chi connectivity index (χ2v) is 6.23. The molecule has 0 radical (unpaired) electrons. The summed E-state index contributed by atoms with van der Waals surface area (Å²) >= 11 is 0. The molecular formula is C16H26N2O. The van der Waals surface area contributed by atoms with Crippen LogP contribution in [0, 0.1) is 0 Å². The Bertz CT molecular complexity index is 429. The topological polar surface area (TPSA) is 15.7 Å². The van der Waals surface area contributed by atoms with Gasteiger partial charge < -0.3 is 9.64 Å². The lowest BCUT2D eigenvalue weighted by atomic mass is 9.96. The minimum absolute atomic E-state index is 0.148. The molecular weight excluding hydrogens is 236 g/mol. The van der Waals surface area contributed by atoms with Gasteiger partial charge in [-0.25, -0.2) is 0 Å². The molecule has 3 nitrogen and oxygen atoms in total. The summed E-state index contributed by atoms with van der Waals surface area (Å²) in [7, 11) is 1.72. The second-order valence-electron chi connectivity index (χ2n) is 6.23. The van der Waals surface area contributed by atoms with Crippen LogP contribution in [0.1, 0.15) is 27.7 Å². The molecule has 3 heteroatoms. The van der Waals surface area contributed by atoms with Crippen molar-refractivity contribution in [3.05, 3.63) is 24.3 Å². The van der Waals surface area contributed by atoms with Gasteiger partial charge in [0.15, 0.2) is 0 Å². The predicted octanol–water partition coefficient (Wildman–Crippen LogP) is 3.00. The van der Waals surface area contributed by atoms with E-state index in [0.717, 1.165) is 25.4 Å². The Balaban J connectivity index is 2.20. The largest absolute Gasteiger partial charge is 0.497 e. The number of benzene rings is 1. The highest BCUT2D eigenvalue weighted by molar-refractivity contribution is 5.53. The highest BCUT2D eigenvalue weighted by atomic mass is 16.5. The molecule has 2 rings (SSSR count). The molecule has 1 aliphatic rings. The van der Waals surface area contributed by atoms with Crippen molar-refractivity contribution >= 4 is 5.69 Å². The lowest BCUT2D eigenvalue weighted by Gasteiger charge is -2.49. The van der Waals surface area contributed by atoms with Gasteiger partial charge in [0.05, 0.1) is 7.11 Å². The van der Waals surface area contributed by atoms with E-state index in [1.165, 1.54) is 5.69 Å². The second kappa shape index (κ2) is 5.41. The first-order valence-electron chi connectivity index (χ1n) is 7.10. The molecule has 0 amide bonds. The molecule has 0 spiro atoms. The van der Waals surface area contributed by atoms with Crippen LogP contribution in [0.25, 0.3) is 0 Å². The molecule has 1 saturated heterocycles. The van der Waals surface area contributed by atoms with Crippen LogP contribution in [0.2, 0.25) is 0 Å². The number of piperazine rings is 1. The van der Waals surface area contributed by atoms with Crippen molar-refractivity contribution in [2.45, 2.75) is 39.3 Å². The normalized spacial score (nSPS) is 19.8. The summed E-state index contributed by atoms with van der Waals surface area (Å²) in [5.41, 5.74) is 1.40. The van der Waals surface area contributed by atoms with E-state index in [0.29, 0.717) is 6.04 Å². The Labute approximate surface area is 117 Å². The zero-order valence-electron chi connectivity index (χ0n) is 12.8. The van der Waals surface area contributed by atoms with E-state index in [2.05, 4.69) is 55.7 Å². The van der Waals surface area contributed by atoms with Gasteiger partial charge in [0, 0.05) is 43.0 Å². The van der Waals surface area contributed by atoms with Crippen molar-refractivity contribution < 1.29 is 4.74 Å². The maximum Gasteiger partial charge on any atom is 0.120 e. The highest BCUT2D eigenvalue weighted by Crippen LogP contribution is 2.30. The van der Waals surface area contributed by atoms with Gasteiger partial charge in [-0.3, -0.25) is 4.90 Å². The van der Waals surface area contributed by atoms with Gasteiger partial charge in [0.2, 0.25) is 0 Å². The van der Waals surface area contributed by atoms with Gasteiger partial charge in [-0.2, -0.15) is 0 Å². The Morgan fingerprint density at radius 1 is 1.21 bits per heavy atom. The first-order chi connectivity index (χ1) is 8.94. The average Bonchev–Trinajstić information content (AvgIpc) is 2.37. The third kappa shape index (κ3) is 3.03. The van der Waals surface area contributed by atoms with Gasteiger partial charge in [-0.1, -0.05) is 6.07 Å². The number of rotatable bonds is 3. The van der Waals surface area contributed by atoms with Gasteiger partial charge in [-0.05, 0) is 39.8 Å². The Morgan fingerprint density at radius 2 is 1.95 bits per heavy atom. The highest BCUT2D eigenvalue weighted by Gasteiger charge is 2.34. The fraction of sp³-hybridized carbons (Fsp3) is 0.625. The first-order valence-corrected chi connectivity index (χ1v) is 7.10.